The van der Waals surface area contributed by atoms with Gasteiger partial charge in [0.15, 0.2) is 5.76 Å². The molecule has 0 atom stereocenters. The highest BCUT2D eigenvalue weighted by molar-refractivity contribution is 7.89. The van der Waals surface area contributed by atoms with E-state index in [1.807, 2.05) is 0 Å². The van der Waals surface area contributed by atoms with Gasteiger partial charge < -0.3 is 9.73 Å². The molecular weight excluding hydrogens is 308 g/mol. The maximum atomic E-state index is 11.9. The van der Waals surface area contributed by atoms with Crippen molar-refractivity contribution in [3.63, 3.8) is 0 Å². The number of rotatable bonds is 7. The summed E-state index contributed by atoms with van der Waals surface area (Å²) in [6, 6.07) is 4.41. The van der Waals surface area contributed by atoms with Crippen LogP contribution in [0.5, 0.6) is 0 Å². The quantitative estimate of drug-likeness (QED) is 0.764. The van der Waals surface area contributed by atoms with Crippen LogP contribution in [0.25, 0.3) is 0 Å². The number of hydrogen-bond acceptors (Lipinski definition) is 5. The summed E-state index contributed by atoms with van der Waals surface area (Å²) in [5, 5.41) is 6.42. The van der Waals surface area contributed by atoms with Gasteiger partial charge in [0.05, 0.1) is 6.54 Å². The Balaban J connectivity index is 1.56. The number of carbonyl (C=O) groups excluding carboxylic acids is 1. The summed E-state index contributed by atoms with van der Waals surface area (Å²) in [5.41, 5.74) is 0. The minimum atomic E-state index is -3.68. The van der Waals surface area contributed by atoms with Gasteiger partial charge in [-0.25, -0.2) is 13.1 Å². The zero-order chi connectivity index (χ0) is 15.6. The van der Waals surface area contributed by atoms with Crippen molar-refractivity contribution in [2.24, 2.45) is 0 Å². The fraction of sp³-hybridized carbons (Fsp3) is 0.385. The summed E-state index contributed by atoms with van der Waals surface area (Å²) in [4.78, 5) is 11.9. The molecule has 1 aliphatic carbocycles. The Morgan fingerprint density at radius 3 is 2.91 bits per heavy atom. The number of hydrogen-bond donors (Lipinski definition) is 2. The normalized spacial score (nSPS) is 14.9. The maximum absolute atomic E-state index is 11.9. The monoisotopic (exact) mass is 324 g/mol. The predicted octanol–water partition coefficient (Wildman–Crippen LogP) is 0.347. The zero-order valence-corrected chi connectivity index (χ0v) is 12.5. The van der Waals surface area contributed by atoms with E-state index in [0.717, 1.165) is 12.8 Å². The van der Waals surface area contributed by atoms with Gasteiger partial charge in [-0.3, -0.25) is 9.48 Å². The van der Waals surface area contributed by atoms with Crippen molar-refractivity contribution in [2.75, 3.05) is 6.54 Å². The molecule has 1 aliphatic rings. The van der Waals surface area contributed by atoms with Crippen LogP contribution in [0.1, 0.15) is 23.4 Å². The molecule has 0 saturated heterocycles. The van der Waals surface area contributed by atoms with Crippen molar-refractivity contribution < 1.29 is 17.6 Å². The molecule has 9 heteroatoms. The molecule has 2 aromatic rings. The first-order chi connectivity index (χ1) is 10.5. The van der Waals surface area contributed by atoms with Gasteiger partial charge in [0.2, 0.25) is 5.09 Å². The Labute approximate surface area is 127 Å². The molecule has 3 rings (SSSR count). The molecular formula is C13H16N4O4S. The third kappa shape index (κ3) is 3.55. The van der Waals surface area contributed by atoms with E-state index < -0.39 is 15.9 Å². The van der Waals surface area contributed by atoms with Crippen LogP contribution in [-0.2, 0) is 16.6 Å². The summed E-state index contributed by atoms with van der Waals surface area (Å²) in [6.07, 6.45) is 5.10. The fourth-order valence-corrected chi connectivity index (χ4v) is 3.11. The number of furan rings is 1. The smallest absolute Gasteiger partial charge is 0.287 e. The van der Waals surface area contributed by atoms with Crippen LogP contribution < -0.4 is 10.0 Å². The largest absolute Gasteiger partial charge is 0.438 e. The lowest BCUT2D eigenvalue weighted by molar-refractivity contribution is 0.0919. The van der Waals surface area contributed by atoms with Crippen LogP contribution in [0, 0.1) is 0 Å². The highest BCUT2D eigenvalue weighted by atomic mass is 32.2. The van der Waals surface area contributed by atoms with Gasteiger partial charge in [-0.15, -0.1) is 0 Å². The molecule has 1 amide bonds. The number of sulfonamides is 1. The molecule has 118 valence electrons. The molecule has 0 unspecified atom stereocenters. The Bertz CT molecular complexity index is 747. The number of amides is 1. The number of nitrogens with one attached hydrogen (secondary N) is 2. The average Bonchev–Trinajstić information content (AvgIpc) is 2.98. The zero-order valence-electron chi connectivity index (χ0n) is 11.7. The van der Waals surface area contributed by atoms with Gasteiger partial charge in [0, 0.05) is 25.0 Å². The summed E-state index contributed by atoms with van der Waals surface area (Å²) in [7, 11) is -3.68. The van der Waals surface area contributed by atoms with Gasteiger partial charge in [0.1, 0.15) is 0 Å². The summed E-state index contributed by atoms with van der Waals surface area (Å²) in [5.74, 6) is -0.489. The second-order valence-electron chi connectivity index (χ2n) is 5.04. The van der Waals surface area contributed by atoms with Crippen molar-refractivity contribution in [3.8, 4) is 0 Å². The van der Waals surface area contributed by atoms with E-state index in [4.69, 9.17) is 4.42 Å². The second-order valence-corrected chi connectivity index (χ2v) is 6.68. The van der Waals surface area contributed by atoms with E-state index in [-0.39, 0.29) is 16.9 Å². The Kier molecular flexibility index (Phi) is 3.99. The van der Waals surface area contributed by atoms with Gasteiger partial charge in [0.25, 0.3) is 15.9 Å². The first-order valence-corrected chi connectivity index (χ1v) is 8.41. The summed E-state index contributed by atoms with van der Waals surface area (Å²) >= 11 is 0. The summed E-state index contributed by atoms with van der Waals surface area (Å²) < 4.78 is 33.2. The average molecular weight is 324 g/mol. The lowest BCUT2D eigenvalue weighted by Gasteiger charge is -2.04. The van der Waals surface area contributed by atoms with Crippen LogP contribution in [0.4, 0.5) is 0 Å². The molecule has 0 bridgehead atoms. The number of aromatic nitrogens is 2. The van der Waals surface area contributed by atoms with E-state index in [0.29, 0.717) is 13.1 Å². The standard InChI is InChI=1S/C13H16N4O4S/c18-13(14-7-9-17-8-1-6-15-17)11-4-5-12(21-11)22(19,20)16-10-2-3-10/h1,4-6,8,10,16H,2-3,7,9H2,(H,14,18). The second kappa shape index (κ2) is 5.93. The Morgan fingerprint density at radius 2 is 2.23 bits per heavy atom. The minimum Gasteiger partial charge on any atom is -0.438 e. The molecule has 2 heterocycles. The molecule has 22 heavy (non-hydrogen) atoms. The number of nitrogens with zero attached hydrogens (tertiary/aromatic N) is 2. The molecule has 0 aromatic carbocycles. The van der Waals surface area contributed by atoms with E-state index in [1.54, 1.807) is 23.1 Å². The molecule has 0 radical (unpaired) electrons. The van der Waals surface area contributed by atoms with Crippen LogP contribution >= 0.6 is 0 Å². The highest BCUT2D eigenvalue weighted by Crippen LogP contribution is 2.23. The third-order valence-corrected chi connectivity index (χ3v) is 4.55. The third-order valence-electron chi connectivity index (χ3n) is 3.15. The van der Waals surface area contributed by atoms with Crippen molar-refractivity contribution >= 4 is 15.9 Å². The predicted molar refractivity (Wildman–Crippen MR) is 76.6 cm³/mol. The van der Waals surface area contributed by atoms with E-state index >= 15 is 0 Å². The maximum Gasteiger partial charge on any atom is 0.287 e. The van der Waals surface area contributed by atoms with E-state index in [2.05, 4.69) is 15.1 Å². The topological polar surface area (TPSA) is 106 Å². The molecule has 0 spiro atoms. The van der Waals surface area contributed by atoms with Crippen LogP contribution in [0.2, 0.25) is 0 Å². The first-order valence-electron chi connectivity index (χ1n) is 6.92. The van der Waals surface area contributed by atoms with Crippen LogP contribution in [0.15, 0.2) is 40.1 Å². The summed E-state index contributed by atoms with van der Waals surface area (Å²) in [6.45, 7) is 0.886. The molecule has 2 N–H and O–H groups in total. The minimum absolute atomic E-state index is 0.0125. The molecule has 2 aromatic heterocycles. The Hall–Kier alpha value is -2.13. The Morgan fingerprint density at radius 1 is 1.41 bits per heavy atom. The van der Waals surface area contributed by atoms with Gasteiger partial charge in [-0.1, -0.05) is 0 Å². The van der Waals surface area contributed by atoms with Gasteiger partial charge >= 0.3 is 0 Å². The van der Waals surface area contributed by atoms with Crippen LogP contribution in [0.3, 0.4) is 0 Å². The lowest BCUT2D eigenvalue weighted by Crippen LogP contribution is -2.27. The number of carbonyl (C=O) groups is 1. The molecule has 8 nitrogen and oxygen atoms in total. The van der Waals surface area contributed by atoms with Gasteiger partial charge in [-0.05, 0) is 31.0 Å². The molecule has 1 saturated carbocycles. The van der Waals surface area contributed by atoms with Crippen molar-refractivity contribution in [3.05, 3.63) is 36.4 Å². The fourth-order valence-electron chi connectivity index (χ4n) is 1.87. The van der Waals surface area contributed by atoms with E-state index in [1.165, 1.54) is 12.1 Å². The van der Waals surface area contributed by atoms with Crippen molar-refractivity contribution in [2.45, 2.75) is 30.5 Å². The van der Waals surface area contributed by atoms with E-state index in [9.17, 15) is 13.2 Å². The highest BCUT2D eigenvalue weighted by Gasteiger charge is 2.30. The molecule has 0 aliphatic heterocycles. The SMILES string of the molecule is O=C(NCCn1cccn1)c1ccc(S(=O)(=O)NC2CC2)o1. The molecule has 1 fully saturated rings. The first kappa shape index (κ1) is 14.8. The van der Waals surface area contributed by atoms with Crippen LogP contribution in [-0.4, -0.2) is 36.7 Å². The van der Waals surface area contributed by atoms with Crippen molar-refractivity contribution in [1.82, 2.24) is 19.8 Å². The lowest BCUT2D eigenvalue weighted by atomic mass is 10.4. The van der Waals surface area contributed by atoms with Gasteiger partial charge in [-0.2, -0.15) is 5.10 Å². The van der Waals surface area contributed by atoms with Crippen molar-refractivity contribution in [1.29, 1.82) is 0 Å².